The van der Waals surface area contributed by atoms with Gasteiger partial charge in [0.25, 0.3) is 0 Å². The summed E-state index contributed by atoms with van der Waals surface area (Å²) < 4.78 is 0. The molecule has 2 fully saturated rings. The summed E-state index contributed by atoms with van der Waals surface area (Å²) in [4.78, 5) is 0. The summed E-state index contributed by atoms with van der Waals surface area (Å²) in [5, 5.41) is 3.49. The van der Waals surface area contributed by atoms with Crippen molar-refractivity contribution >= 4 is 0 Å². The molecule has 0 saturated heterocycles. The maximum atomic E-state index is 3.49. The molecule has 1 unspecified atom stereocenters. The largest absolute Gasteiger partial charge is 0.316 e. The minimum absolute atomic E-state index is 0.904. The third-order valence-corrected chi connectivity index (χ3v) is 3.07. The maximum Gasteiger partial charge on any atom is -0.00150 e. The fraction of sp³-hybridized carbons (Fsp3) is 1.00. The Bertz CT molecular complexity index is 127. The van der Waals surface area contributed by atoms with E-state index >= 15 is 0 Å². The predicted molar refractivity (Wildman–Crippen MR) is 42.9 cm³/mol. The van der Waals surface area contributed by atoms with E-state index in [-0.39, 0.29) is 0 Å². The van der Waals surface area contributed by atoms with Gasteiger partial charge >= 0.3 is 0 Å². The third kappa shape index (κ3) is 1.07. The van der Waals surface area contributed by atoms with E-state index in [9.17, 15) is 0 Å². The zero-order valence-electron chi connectivity index (χ0n) is 6.82. The van der Waals surface area contributed by atoms with E-state index in [1.807, 2.05) is 0 Å². The van der Waals surface area contributed by atoms with Crippen LogP contribution >= 0.6 is 0 Å². The van der Waals surface area contributed by atoms with Gasteiger partial charge in [-0.25, -0.2) is 0 Å². The molecule has 1 N–H and O–H groups in total. The standard InChI is InChI=1S/C9H17N/c1-2-5-10-7-8-6-9(8)3-4-9/h8,10H,2-7H2,1H3. The Morgan fingerprint density at radius 3 is 2.80 bits per heavy atom. The van der Waals surface area contributed by atoms with Gasteiger partial charge in [-0.1, -0.05) is 6.92 Å². The van der Waals surface area contributed by atoms with Crippen molar-refractivity contribution in [2.75, 3.05) is 13.1 Å². The fourth-order valence-electron chi connectivity index (χ4n) is 1.95. The second kappa shape index (κ2) is 2.23. The van der Waals surface area contributed by atoms with E-state index in [1.165, 1.54) is 38.8 Å². The predicted octanol–water partition coefficient (Wildman–Crippen LogP) is 1.79. The van der Waals surface area contributed by atoms with Crippen LogP contribution in [-0.2, 0) is 0 Å². The van der Waals surface area contributed by atoms with Crippen molar-refractivity contribution in [1.82, 2.24) is 5.32 Å². The Balaban J connectivity index is 1.57. The van der Waals surface area contributed by atoms with E-state index in [4.69, 9.17) is 0 Å². The molecular weight excluding hydrogens is 122 g/mol. The zero-order chi connectivity index (χ0) is 7.03. The average molecular weight is 139 g/mol. The number of hydrogen-bond acceptors (Lipinski definition) is 1. The molecule has 58 valence electrons. The summed E-state index contributed by atoms with van der Waals surface area (Å²) in [5.41, 5.74) is 0.904. The topological polar surface area (TPSA) is 12.0 Å². The Hall–Kier alpha value is -0.0400. The van der Waals surface area contributed by atoms with Crippen molar-refractivity contribution in [3.05, 3.63) is 0 Å². The van der Waals surface area contributed by atoms with Crippen LogP contribution in [0.15, 0.2) is 0 Å². The lowest BCUT2D eigenvalue weighted by Crippen LogP contribution is -2.18. The van der Waals surface area contributed by atoms with E-state index in [0.717, 1.165) is 11.3 Å². The summed E-state index contributed by atoms with van der Waals surface area (Å²) >= 11 is 0. The third-order valence-electron chi connectivity index (χ3n) is 3.07. The van der Waals surface area contributed by atoms with Gasteiger partial charge in [0.05, 0.1) is 0 Å². The first-order chi connectivity index (χ1) is 4.87. The summed E-state index contributed by atoms with van der Waals surface area (Å²) in [6, 6.07) is 0. The number of hydrogen-bond donors (Lipinski definition) is 1. The minimum atomic E-state index is 0.904. The van der Waals surface area contributed by atoms with Crippen molar-refractivity contribution in [3.8, 4) is 0 Å². The van der Waals surface area contributed by atoms with Gasteiger partial charge in [-0.3, -0.25) is 0 Å². The molecule has 0 aliphatic heterocycles. The van der Waals surface area contributed by atoms with Crippen molar-refractivity contribution < 1.29 is 0 Å². The maximum absolute atomic E-state index is 3.49. The van der Waals surface area contributed by atoms with Gasteiger partial charge in [-0.15, -0.1) is 0 Å². The zero-order valence-corrected chi connectivity index (χ0v) is 6.82. The lowest BCUT2D eigenvalue weighted by Gasteiger charge is -1.99. The van der Waals surface area contributed by atoms with Crippen LogP contribution in [0.5, 0.6) is 0 Å². The molecule has 2 aliphatic rings. The normalized spacial score (nSPS) is 32.7. The van der Waals surface area contributed by atoms with E-state index < -0.39 is 0 Å². The van der Waals surface area contributed by atoms with Crippen molar-refractivity contribution in [3.63, 3.8) is 0 Å². The Morgan fingerprint density at radius 1 is 1.50 bits per heavy atom. The van der Waals surface area contributed by atoms with Crippen molar-refractivity contribution in [2.45, 2.75) is 32.6 Å². The highest BCUT2D eigenvalue weighted by molar-refractivity contribution is 5.12. The van der Waals surface area contributed by atoms with Crippen LogP contribution in [-0.4, -0.2) is 13.1 Å². The van der Waals surface area contributed by atoms with E-state index in [0.29, 0.717) is 0 Å². The molecule has 0 aromatic rings. The highest BCUT2D eigenvalue weighted by Gasteiger charge is 2.61. The van der Waals surface area contributed by atoms with E-state index in [2.05, 4.69) is 12.2 Å². The lowest BCUT2D eigenvalue weighted by molar-refractivity contribution is 0.591. The molecule has 10 heavy (non-hydrogen) atoms. The first-order valence-electron chi connectivity index (χ1n) is 4.58. The van der Waals surface area contributed by atoms with Crippen LogP contribution in [0.3, 0.4) is 0 Å². The lowest BCUT2D eigenvalue weighted by atomic mass is 10.3. The smallest absolute Gasteiger partial charge is 0.00150 e. The van der Waals surface area contributed by atoms with Gasteiger partial charge in [0.2, 0.25) is 0 Å². The summed E-state index contributed by atoms with van der Waals surface area (Å²) in [5.74, 6) is 1.07. The highest BCUT2D eigenvalue weighted by atomic mass is 14.9. The average Bonchev–Trinajstić information content (AvgIpc) is 2.79. The Morgan fingerprint density at radius 2 is 2.30 bits per heavy atom. The molecule has 2 rings (SSSR count). The van der Waals surface area contributed by atoms with Crippen LogP contribution in [0.25, 0.3) is 0 Å². The number of rotatable bonds is 4. The molecule has 2 saturated carbocycles. The molecule has 0 heterocycles. The molecular formula is C9H17N. The van der Waals surface area contributed by atoms with Crippen LogP contribution in [0.1, 0.15) is 32.6 Å². The van der Waals surface area contributed by atoms with Gasteiger partial charge in [0.15, 0.2) is 0 Å². The molecule has 1 heteroatoms. The van der Waals surface area contributed by atoms with Crippen molar-refractivity contribution in [1.29, 1.82) is 0 Å². The van der Waals surface area contributed by atoms with Crippen molar-refractivity contribution in [2.24, 2.45) is 11.3 Å². The van der Waals surface area contributed by atoms with Crippen LogP contribution in [0, 0.1) is 11.3 Å². The van der Waals surface area contributed by atoms with Crippen LogP contribution in [0.2, 0.25) is 0 Å². The quantitative estimate of drug-likeness (QED) is 0.585. The summed E-state index contributed by atoms with van der Waals surface area (Å²) in [6.45, 7) is 4.74. The van der Waals surface area contributed by atoms with Gasteiger partial charge in [0.1, 0.15) is 0 Å². The molecule has 1 atom stereocenters. The summed E-state index contributed by atoms with van der Waals surface area (Å²) in [7, 11) is 0. The number of nitrogens with one attached hydrogen (secondary N) is 1. The van der Waals surface area contributed by atoms with E-state index in [1.54, 1.807) is 0 Å². The van der Waals surface area contributed by atoms with Crippen LogP contribution < -0.4 is 5.32 Å². The molecule has 0 aromatic carbocycles. The molecule has 0 bridgehead atoms. The molecule has 0 radical (unpaired) electrons. The van der Waals surface area contributed by atoms with Gasteiger partial charge in [0, 0.05) is 0 Å². The van der Waals surface area contributed by atoms with Gasteiger partial charge in [-0.2, -0.15) is 0 Å². The summed E-state index contributed by atoms with van der Waals surface area (Å²) in [6.07, 6.45) is 5.88. The Kier molecular flexibility index (Phi) is 1.48. The molecule has 0 aromatic heterocycles. The van der Waals surface area contributed by atoms with Gasteiger partial charge < -0.3 is 5.32 Å². The second-order valence-electron chi connectivity index (χ2n) is 3.97. The first-order valence-corrected chi connectivity index (χ1v) is 4.58. The minimum Gasteiger partial charge on any atom is -0.316 e. The molecule has 1 spiro atoms. The van der Waals surface area contributed by atoms with Crippen LogP contribution in [0.4, 0.5) is 0 Å². The Labute approximate surface area is 63.2 Å². The molecule has 1 nitrogen and oxygen atoms in total. The second-order valence-corrected chi connectivity index (χ2v) is 3.97. The SMILES string of the molecule is CCCNCC1CC12CC2. The monoisotopic (exact) mass is 139 g/mol. The van der Waals surface area contributed by atoms with Gasteiger partial charge in [-0.05, 0) is 50.1 Å². The molecule has 2 aliphatic carbocycles. The first kappa shape index (κ1) is 6.66. The molecule has 0 amide bonds. The fourth-order valence-corrected chi connectivity index (χ4v) is 1.95. The highest BCUT2D eigenvalue weighted by Crippen LogP contribution is 2.70.